The third-order valence-electron chi connectivity index (χ3n) is 2.84. The number of carboxylic acid groups (broad SMARTS) is 1. The number of hydrogen-bond donors (Lipinski definition) is 1. The summed E-state index contributed by atoms with van der Waals surface area (Å²) in [5.74, 6) is -0.374. The highest BCUT2D eigenvalue weighted by molar-refractivity contribution is 5.99. The van der Waals surface area contributed by atoms with Crippen molar-refractivity contribution in [2.24, 2.45) is 0 Å². The van der Waals surface area contributed by atoms with Crippen LogP contribution >= 0.6 is 0 Å². The topological polar surface area (TPSA) is 89.6 Å². The molecule has 0 saturated carbocycles. The lowest BCUT2D eigenvalue weighted by molar-refractivity contribution is 0.0698. The fourth-order valence-corrected chi connectivity index (χ4v) is 2.07. The van der Waals surface area contributed by atoms with Crippen molar-refractivity contribution >= 4 is 22.5 Å². The second-order valence-corrected chi connectivity index (χ2v) is 4.66. The first kappa shape index (κ1) is 12.3. The molecule has 0 bridgehead atoms. The van der Waals surface area contributed by atoms with Crippen molar-refractivity contribution in [1.82, 2.24) is 20.0 Å². The van der Waals surface area contributed by atoms with Gasteiger partial charge in [0.1, 0.15) is 11.3 Å². The minimum absolute atomic E-state index is 0.0510. The lowest BCUT2D eigenvalue weighted by atomic mass is 10.1. The first-order chi connectivity index (χ1) is 9.56. The van der Waals surface area contributed by atoms with E-state index in [2.05, 4.69) is 15.5 Å². The Morgan fingerprint density at radius 2 is 2.15 bits per heavy atom. The number of benzene rings is 1. The monoisotopic (exact) mass is 272 g/mol. The van der Waals surface area contributed by atoms with Crippen molar-refractivity contribution < 1.29 is 14.6 Å². The van der Waals surface area contributed by atoms with E-state index in [1.54, 1.807) is 24.3 Å². The number of carboxylic acids is 1. The van der Waals surface area contributed by atoms with E-state index in [0.29, 0.717) is 11.3 Å². The molecule has 0 amide bonds. The molecule has 1 N–H and O–H groups in total. The van der Waals surface area contributed by atoms with Gasteiger partial charge in [-0.1, -0.05) is 0 Å². The van der Waals surface area contributed by atoms with E-state index in [4.69, 9.17) is 4.74 Å². The molecule has 3 rings (SSSR count). The first-order valence-corrected chi connectivity index (χ1v) is 6.11. The van der Waals surface area contributed by atoms with Gasteiger partial charge in [-0.3, -0.25) is 0 Å². The van der Waals surface area contributed by atoms with Crippen LogP contribution in [0.2, 0.25) is 0 Å². The number of carbonyl (C=O) groups is 1. The maximum Gasteiger partial charge on any atom is 0.339 e. The summed E-state index contributed by atoms with van der Waals surface area (Å²) in [5.41, 5.74) is 0.986. The Morgan fingerprint density at radius 1 is 1.35 bits per heavy atom. The van der Waals surface area contributed by atoms with Crippen LogP contribution in [0.25, 0.3) is 16.6 Å². The van der Waals surface area contributed by atoms with Gasteiger partial charge in [0.25, 0.3) is 0 Å². The molecule has 102 valence electrons. The average molecular weight is 272 g/mol. The van der Waals surface area contributed by atoms with Crippen LogP contribution in [0.4, 0.5) is 0 Å². The van der Waals surface area contributed by atoms with Crippen LogP contribution in [-0.4, -0.2) is 37.2 Å². The maximum absolute atomic E-state index is 11.2. The lowest BCUT2D eigenvalue weighted by Gasteiger charge is -2.11. The number of hydrogen-bond acceptors (Lipinski definition) is 5. The third-order valence-corrected chi connectivity index (χ3v) is 2.84. The molecule has 0 unspecified atom stereocenters. The molecule has 1 aromatic carbocycles. The lowest BCUT2D eigenvalue weighted by Crippen LogP contribution is -2.06. The summed E-state index contributed by atoms with van der Waals surface area (Å²) in [6.07, 6.45) is 0.0510. The second-order valence-electron chi connectivity index (χ2n) is 4.66. The van der Waals surface area contributed by atoms with Gasteiger partial charge in [0.05, 0.1) is 11.6 Å². The van der Waals surface area contributed by atoms with Gasteiger partial charge in [0.2, 0.25) is 0 Å². The Bertz CT molecular complexity index is 810. The highest BCUT2D eigenvalue weighted by Gasteiger charge is 2.15. The Kier molecular flexibility index (Phi) is 2.74. The molecule has 0 aliphatic heterocycles. The van der Waals surface area contributed by atoms with E-state index >= 15 is 0 Å². The number of aromatic nitrogens is 4. The zero-order chi connectivity index (χ0) is 14.3. The molecule has 0 fully saturated rings. The van der Waals surface area contributed by atoms with Gasteiger partial charge < -0.3 is 9.84 Å². The quantitative estimate of drug-likeness (QED) is 0.781. The predicted octanol–water partition coefficient (Wildman–Crippen LogP) is 1.76. The highest BCUT2D eigenvalue weighted by atomic mass is 16.5. The van der Waals surface area contributed by atoms with Gasteiger partial charge in [-0.2, -0.15) is 4.52 Å². The Labute approximate surface area is 113 Å². The molecule has 0 atom stereocenters. The van der Waals surface area contributed by atoms with Crippen molar-refractivity contribution in [3.63, 3.8) is 0 Å². The molecular formula is C13H12N4O3. The Hall–Kier alpha value is -2.70. The van der Waals surface area contributed by atoms with Crippen molar-refractivity contribution in [3.05, 3.63) is 29.8 Å². The smallest absolute Gasteiger partial charge is 0.339 e. The number of aromatic carboxylic acids is 1. The van der Waals surface area contributed by atoms with E-state index in [9.17, 15) is 9.90 Å². The maximum atomic E-state index is 11.2. The Morgan fingerprint density at radius 3 is 2.85 bits per heavy atom. The number of tetrazole rings is 1. The van der Waals surface area contributed by atoms with E-state index in [0.717, 1.165) is 5.39 Å². The molecule has 0 aliphatic carbocycles. The normalized spacial score (nSPS) is 11.3. The first-order valence-electron chi connectivity index (χ1n) is 6.11. The van der Waals surface area contributed by atoms with Gasteiger partial charge in [0.15, 0.2) is 5.65 Å². The van der Waals surface area contributed by atoms with Gasteiger partial charge in [-0.05, 0) is 42.5 Å². The fraction of sp³-hybridized carbons (Fsp3) is 0.231. The summed E-state index contributed by atoms with van der Waals surface area (Å²) >= 11 is 0. The predicted molar refractivity (Wildman–Crippen MR) is 71.0 cm³/mol. The SMILES string of the molecule is CC(C)Oc1ccc2cc(C(=O)O)c3nnnn3c2c1. The van der Waals surface area contributed by atoms with Crippen LogP contribution in [0.5, 0.6) is 5.75 Å². The standard InChI is InChI=1S/C13H12N4O3/c1-7(2)20-9-4-3-8-5-10(13(18)19)12-14-15-16-17(12)11(8)6-9/h3-7H,1-2H3,(H,18,19). The average Bonchev–Trinajstić information content (AvgIpc) is 2.86. The highest BCUT2D eigenvalue weighted by Crippen LogP contribution is 2.24. The summed E-state index contributed by atoms with van der Waals surface area (Å²) in [4.78, 5) is 11.2. The van der Waals surface area contributed by atoms with Gasteiger partial charge in [0, 0.05) is 11.5 Å². The summed E-state index contributed by atoms with van der Waals surface area (Å²) < 4.78 is 7.04. The van der Waals surface area contributed by atoms with E-state index in [-0.39, 0.29) is 17.3 Å². The summed E-state index contributed by atoms with van der Waals surface area (Å²) in [6, 6.07) is 6.94. The van der Waals surface area contributed by atoms with E-state index in [1.807, 2.05) is 13.8 Å². The zero-order valence-corrected chi connectivity index (χ0v) is 10.9. The molecule has 7 heteroatoms. The van der Waals surface area contributed by atoms with E-state index < -0.39 is 5.97 Å². The second kappa shape index (κ2) is 4.44. The molecule has 20 heavy (non-hydrogen) atoms. The molecule has 0 spiro atoms. The molecule has 0 saturated heterocycles. The van der Waals surface area contributed by atoms with Crippen molar-refractivity contribution in [1.29, 1.82) is 0 Å². The van der Waals surface area contributed by atoms with Crippen LogP contribution in [0.1, 0.15) is 24.2 Å². The number of fused-ring (bicyclic) bond motifs is 3. The Balaban J connectivity index is 2.30. The summed E-state index contributed by atoms with van der Waals surface area (Å²) in [6.45, 7) is 3.87. The molecule has 2 heterocycles. The van der Waals surface area contributed by atoms with Crippen LogP contribution < -0.4 is 4.74 Å². The molecule has 3 aromatic rings. The number of pyridine rings is 1. The summed E-state index contributed by atoms with van der Waals surface area (Å²) in [7, 11) is 0. The van der Waals surface area contributed by atoms with Crippen LogP contribution in [0.15, 0.2) is 24.3 Å². The minimum atomic E-state index is -1.06. The molecule has 0 radical (unpaired) electrons. The molecule has 0 aliphatic rings. The minimum Gasteiger partial charge on any atom is -0.491 e. The summed E-state index contributed by atoms with van der Waals surface area (Å²) in [5, 5.41) is 21.1. The number of rotatable bonds is 3. The van der Waals surface area contributed by atoms with Crippen LogP contribution in [0.3, 0.4) is 0 Å². The fourth-order valence-electron chi connectivity index (χ4n) is 2.07. The zero-order valence-electron chi connectivity index (χ0n) is 10.9. The van der Waals surface area contributed by atoms with Gasteiger partial charge >= 0.3 is 5.97 Å². The third kappa shape index (κ3) is 1.93. The van der Waals surface area contributed by atoms with Crippen molar-refractivity contribution in [3.8, 4) is 5.75 Å². The number of nitrogens with zero attached hydrogens (tertiary/aromatic N) is 4. The molecule has 2 aromatic heterocycles. The van der Waals surface area contributed by atoms with Gasteiger partial charge in [-0.25, -0.2) is 4.79 Å². The largest absolute Gasteiger partial charge is 0.491 e. The number of ether oxygens (including phenoxy) is 1. The van der Waals surface area contributed by atoms with Crippen LogP contribution in [0, 0.1) is 0 Å². The van der Waals surface area contributed by atoms with Crippen molar-refractivity contribution in [2.75, 3.05) is 0 Å². The molecule has 7 nitrogen and oxygen atoms in total. The van der Waals surface area contributed by atoms with Gasteiger partial charge in [-0.15, -0.1) is 5.10 Å². The van der Waals surface area contributed by atoms with Crippen molar-refractivity contribution in [2.45, 2.75) is 20.0 Å². The van der Waals surface area contributed by atoms with Crippen LogP contribution in [-0.2, 0) is 0 Å². The molecular weight excluding hydrogens is 260 g/mol. The van der Waals surface area contributed by atoms with E-state index in [1.165, 1.54) is 4.52 Å².